The number of rotatable bonds is 5. The van der Waals surface area contributed by atoms with Crippen LogP contribution in [0.15, 0.2) is 48.5 Å². The van der Waals surface area contributed by atoms with Crippen molar-refractivity contribution in [3.8, 4) is 5.69 Å². The summed E-state index contributed by atoms with van der Waals surface area (Å²) in [6.07, 6.45) is 0.389. The zero-order valence-electron chi connectivity index (χ0n) is 14.4. The van der Waals surface area contributed by atoms with Crippen LogP contribution >= 0.6 is 11.6 Å². The Labute approximate surface area is 155 Å². The maximum Gasteiger partial charge on any atom is 0.273 e. The fourth-order valence-corrected chi connectivity index (χ4v) is 2.91. The number of benzene rings is 2. The first kappa shape index (κ1) is 18.1. The summed E-state index contributed by atoms with van der Waals surface area (Å²) in [5.74, 6) is -0.628. The fourth-order valence-electron chi connectivity index (χ4n) is 2.73. The molecule has 0 saturated carbocycles. The van der Waals surface area contributed by atoms with Crippen molar-refractivity contribution in [2.45, 2.75) is 26.3 Å². The van der Waals surface area contributed by atoms with Crippen LogP contribution in [-0.2, 0) is 6.42 Å². The SMILES string of the molecule is Cc1c(C(=O)NC(C)Cc2ccccc2F)nnn1-c1cccc(Cl)c1. The topological polar surface area (TPSA) is 59.8 Å². The van der Waals surface area contributed by atoms with E-state index < -0.39 is 0 Å². The molecule has 2 aromatic carbocycles. The first-order valence-electron chi connectivity index (χ1n) is 8.18. The molecule has 3 rings (SSSR count). The number of hydrogen-bond donors (Lipinski definition) is 1. The van der Waals surface area contributed by atoms with Gasteiger partial charge in [0, 0.05) is 11.1 Å². The van der Waals surface area contributed by atoms with E-state index in [1.165, 1.54) is 6.07 Å². The van der Waals surface area contributed by atoms with Crippen LogP contribution in [0.25, 0.3) is 5.69 Å². The third-order valence-corrected chi connectivity index (χ3v) is 4.26. The predicted octanol–water partition coefficient (Wildman–Crippen LogP) is 3.73. The largest absolute Gasteiger partial charge is 0.348 e. The average molecular weight is 373 g/mol. The van der Waals surface area contributed by atoms with Gasteiger partial charge in [-0.05, 0) is 50.1 Å². The molecular formula is C19H18ClFN4O. The summed E-state index contributed by atoms with van der Waals surface area (Å²) < 4.78 is 15.3. The number of halogens is 2. The maximum absolute atomic E-state index is 13.7. The Kier molecular flexibility index (Phi) is 5.32. The van der Waals surface area contributed by atoms with E-state index in [1.54, 1.807) is 48.0 Å². The van der Waals surface area contributed by atoms with Gasteiger partial charge in [0.1, 0.15) is 5.82 Å². The van der Waals surface area contributed by atoms with Crippen LogP contribution in [0.4, 0.5) is 4.39 Å². The minimum absolute atomic E-state index is 0.227. The van der Waals surface area contributed by atoms with E-state index in [9.17, 15) is 9.18 Å². The number of hydrogen-bond acceptors (Lipinski definition) is 3. The van der Waals surface area contributed by atoms with E-state index in [-0.39, 0.29) is 23.5 Å². The van der Waals surface area contributed by atoms with Crippen LogP contribution in [0.2, 0.25) is 5.02 Å². The van der Waals surface area contributed by atoms with Crippen molar-refractivity contribution in [3.63, 3.8) is 0 Å². The summed E-state index contributed by atoms with van der Waals surface area (Å²) in [6.45, 7) is 3.58. The van der Waals surface area contributed by atoms with E-state index >= 15 is 0 Å². The summed E-state index contributed by atoms with van der Waals surface area (Å²) in [4.78, 5) is 12.5. The van der Waals surface area contributed by atoms with Gasteiger partial charge in [-0.1, -0.05) is 41.1 Å². The molecule has 1 atom stereocenters. The number of aromatic nitrogens is 3. The van der Waals surface area contributed by atoms with Gasteiger partial charge >= 0.3 is 0 Å². The number of nitrogens with zero attached hydrogens (tertiary/aromatic N) is 3. The van der Waals surface area contributed by atoms with E-state index in [2.05, 4.69) is 15.6 Å². The molecule has 1 N–H and O–H groups in total. The van der Waals surface area contributed by atoms with Gasteiger partial charge in [0.2, 0.25) is 0 Å². The highest BCUT2D eigenvalue weighted by molar-refractivity contribution is 6.30. The van der Waals surface area contributed by atoms with Crippen molar-refractivity contribution in [3.05, 3.63) is 76.3 Å². The highest BCUT2D eigenvalue weighted by atomic mass is 35.5. The molecule has 1 amide bonds. The number of amides is 1. The molecule has 7 heteroatoms. The monoisotopic (exact) mass is 372 g/mol. The van der Waals surface area contributed by atoms with Crippen LogP contribution in [-0.4, -0.2) is 26.9 Å². The van der Waals surface area contributed by atoms with Crippen LogP contribution < -0.4 is 5.32 Å². The van der Waals surface area contributed by atoms with E-state index in [1.807, 2.05) is 13.0 Å². The van der Waals surface area contributed by atoms with Gasteiger partial charge < -0.3 is 5.32 Å². The molecular weight excluding hydrogens is 355 g/mol. The van der Waals surface area contributed by atoms with Crippen molar-refractivity contribution < 1.29 is 9.18 Å². The smallest absolute Gasteiger partial charge is 0.273 e. The van der Waals surface area contributed by atoms with Crippen molar-refractivity contribution in [1.82, 2.24) is 20.3 Å². The predicted molar refractivity (Wildman–Crippen MR) is 98.1 cm³/mol. The van der Waals surface area contributed by atoms with Gasteiger partial charge in [0.05, 0.1) is 11.4 Å². The number of carbonyl (C=O) groups excluding carboxylic acids is 1. The lowest BCUT2D eigenvalue weighted by atomic mass is 10.1. The Morgan fingerprint density at radius 3 is 2.77 bits per heavy atom. The van der Waals surface area contributed by atoms with Crippen LogP contribution in [0, 0.1) is 12.7 Å². The first-order valence-corrected chi connectivity index (χ1v) is 8.56. The zero-order chi connectivity index (χ0) is 18.7. The molecule has 0 saturated heterocycles. The highest BCUT2D eigenvalue weighted by Crippen LogP contribution is 2.17. The lowest BCUT2D eigenvalue weighted by Gasteiger charge is -2.14. The van der Waals surface area contributed by atoms with Gasteiger partial charge in [-0.2, -0.15) is 0 Å². The molecule has 1 unspecified atom stereocenters. The van der Waals surface area contributed by atoms with E-state index in [0.29, 0.717) is 22.7 Å². The number of nitrogens with one attached hydrogen (secondary N) is 1. The molecule has 0 aliphatic carbocycles. The highest BCUT2D eigenvalue weighted by Gasteiger charge is 2.19. The molecule has 0 aliphatic heterocycles. The van der Waals surface area contributed by atoms with E-state index in [4.69, 9.17) is 11.6 Å². The second-order valence-corrected chi connectivity index (χ2v) is 6.52. The molecule has 26 heavy (non-hydrogen) atoms. The Bertz CT molecular complexity index is 941. The summed E-state index contributed by atoms with van der Waals surface area (Å²) >= 11 is 6.00. The molecule has 1 heterocycles. The van der Waals surface area contributed by atoms with Crippen molar-refractivity contribution in [2.75, 3.05) is 0 Å². The van der Waals surface area contributed by atoms with Crippen LogP contribution in [0.1, 0.15) is 28.7 Å². The van der Waals surface area contributed by atoms with E-state index in [0.717, 1.165) is 5.69 Å². The van der Waals surface area contributed by atoms with Crippen molar-refractivity contribution >= 4 is 17.5 Å². The van der Waals surface area contributed by atoms with Crippen molar-refractivity contribution in [2.24, 2.45) is 0 Å². The van der Waals surface area contributed by atoms with Gasteiger partial charge in [-0.3, -0.25) is 4.79 Å². The molecule has 3 aromatic rings. The second kappa shape index (κ2) is 7.66. The quantitative estimate of drug-likeness (QED) is 0.742. The molecule has 0 aliphatic rings. The lowest BCUT2D eigenvalue weighted by Crippen LogP contribution is -2.35. The second-order valence-electron chi connectivity index (χ2n) is 6.09. The van der Waals surface area contributed by atoms with Gasteiger partial charge in [-0.15, -0.1) is 5.10 Å². The van der Waals surface area contributed by atoms with Crippen LogP contribution in [0.3, 0.4) is 0 Å². The number of carbonyl (C=O) groups is 1. The van der Waals surface area contributed by atoms with Gasteiger partial charge in [0.15, 0.2) is 5.69 Å². The Morgan fingerprint density at radius 1 is 1.27 bits per heavy atom. The third-order valence-electron chi connectivity index (χ3n) is 4.02. The lowest BCUT2D eigenvalue weighted by molar-refractivity contribution is 0.0934. The van der Waals surface area contributed by atoms with Gasteiger partial charge in [-0.25, -0.2) is 9.07 Å². The maximum atomic E-state index is 13.7. The van der Waals surface area contributed by atoms with Crippen molar-refractivity contribution in [1.29, 1.82) is 0 Å². The van der Waals surface area contributed by atoms with Gasteiger partial charge in [0.25, 0.3) is 5.91 Å². The molecule has 134 valence electrons. The molecule has 0 bridgehead atoms. The Hall–Kier alpha value is -2.73. The standard InChI is InChI=1S/C19H18ClFN4O/c1-12(10-14-6-3-4-9-17(14)21)22-19(26)18-13(2)25(24-23-18)16-8-5-7-15(20)11-16/h3-9,11-12H,10H2,1-2H3,(H,22,26). The molecule has 0 fully saturated rings. The summed E-state index contributed by atoms with van der Waals surface area (Å²) in [5, 5.41) is 11.4. The normalized spacial score (nSPS) is 12.0. The molecule has 5 nitrogen and oxygen atoms in total. The Morgan fingerprint density at radius 2 is 2.04 bits per heavy atom. The molecule has 0 radical (unpaired) electrons. The minimum atomic E-state index is -0.348. The molecule has 1 aromatic heterocycles. The summed E-state index contributed by atoms with van der Waals surface area (Å²) in [5.41, 5.74) is 2.11. The fraction of sp³-hybridized carbons (Fsp3) is 0.211. The Balaban J connectivity index is 1.73. The van der Waals surface area contributed by atoms with Crippen LogP contribution in [0.5, 0.6) is 0 Å². The minimum Gasteiger partial charge on any atom is -0.348 e. The summed E-state index contributed by atoms with van der Waals surface area (Å²) in [7, 11) is 0. The third kappa shape index (κ3) is 3.91. The first-order chi connectivity index (χ1) is 12.5. The molecule has 0 spiro atoms. The summed E-state index contributed by atoms with van der Waals surface area (Å²) in [6, 6.07) is 13.4. The zero-order valence-corrected chi connectivity index (χ0v) is 15.2. The average Bonchev–Trinajstić information content (AvgIpc) is 2.98.